The first-order chi connectivity index (χ1) is 13.1. The number of piperazine rings is 1. The lowest BCUT2D eigenvalue weighted by molar-refractivity contribution is 0.214. The number of nitrogens with one attached hydrogen (secondary N) is 1. The van der Waals surface area contributed by atoms with Crippen molar-refractivity contribution in [3.8, 4) is 5.75 Å². The summed E-state index contributed by atoms with van der Waals surface area (Å²) in [5, 5.41) is 3.58. The summed E-state index contributed by atoms with van der Waals surface area (Å²) < 4.78 is 5.35. The molecular formula is C21H35N5O. The first-order valence-corrected chi connectivity index (χ1v) is 10.2. The quantitative estimate of drug-likeness (QED) is 0.587. The third-order valence-corrected chi connectivity index (χ3v) is 5.54. The van der Waals surface area contributed by atoms with E-state index in [2.05, 4.69) is 57.1 Å². The molecule has 0 bridgehead atoms. The number of benzene rings is 1. The van der Waals surface area contributed by atoms with Gasteiger partial charge in [0.05, 0.1) is 7.11 Å². The van der Waals surface area contributed by atoms with Crippen molar-refractivity contribution in [3.63, 3.8) is 0 Å². The number of methoxy groups -OCH3 is 1. The number of guanidine groups is 1. The van der Waals surface area contributed by atoms with Crippen LogP contribution in [0.3, 0.4) is 0 Å². The molecule has 1 aromatic carbocycles. The van der Waals surface area contributed by atoms with Crippen molar-refractivity contribution >= 4 is 11.6 Å². The van der Waals surface area contributed by atoms with Gasteiger partial charge in [-0.1, -0.05) is 6.07 Å². The molecule has 1 aliphatic heterocycles. The van der Waals surface area contributed by atoms with E-state index in [0.717, 1.165) is 57.0 Å². The third kappa shape index (κ3) is 5.28. The molecule has 2 aliphatic rings. The second-order valence-corrected chi connectivity index (χ2v) is 7.71. The van der Waals surface area contributed by atoms with E-state index in [1.54, 1.807) is 7.11 Å². The fourth-order valence-electron chi connectivity index (χ4n) is 3.88. The molecule has 0 atom stereocenters. The van der Waals surface area contributed by atoms with Crippen molar-refractivity contribution in [1.29, 1.82) is 0 Å². The van der Waals surface area contributed by atoms with E-state index in [1.807, 2.05) is 13.1 Å². The average Bonchev–Trinajstić information content (AvgIpc) is 3.53. The summed E-state index contributed by atoms with van der Waals surface area (Å²) in [6.07, 6.45) is 2.72. The molecule has 1 aromatic rings. The molecule has 1 saturated carbocycles. The van der Waals surface area contributed by atoms with Gasteiger partial charge in [-0.05, 0) is 38.8 Å². The molecule has 2 fully saturated rings. The maximum absolute atomic E-state index is 5.35. The molecule has 1 N–H and O–H groups in total. The number of aliphatic imine (C=N–C) groups is 1. The molecular weight excluding hydrogens is 338 g/mol. The summed E-state index contributed by atoms with van der Waals surface area (Å²) in [7, 11) is 3.61. The van der Waals surface area contributed by atoms with Gasteiger partial charge < -0.3 is 19.9 Å². The number of anilines is 1. The average molecular weight is 374 g/mol. The van der Waals surface area contributed by atoms with Gasteiger partial charge in [0.25, 0.3) is 0 Å². The zero-order valence-electron chi connectivity index (χ0n) is 17.3. The molecule has 0 aromatic heterocycles. The van der Waals surface area contributed by atoms with E-state index in [9.17, 15) is 0 Å². The normalized spacial score (nSPS) is 18.4. The number of hydrogen-bond donors (Lipinski definition) is 1. The fourth-order valence-corrected chi connectivity index (χ4v) is 3.88. The number of nitrogens with zero attached hydrogens (tertiary/aromatic N) is 4. The Bertz CT molecular complexity index is 619. The van der Waals surface area contributed by atoms with Crippen molar-refractivity contribution in [2.24, 2.45) is 4.99 Å². The molecule has 0 unspecified atom stereocenters. The van der Waals surface area contributed by atoms with E-state index < -0.39 is 0 Å². The van der Waals surface area contributed by atoms with E-state index in [4.69, 9.17) is 4.74 Å². The van der Waals surface area contributed by atoms with Gasteiger partial charge in [0.1, 0.15) is 5.75 Å². The van der Waals surface area contributed by atoms with E-state index in [0.29, 0.717) is 6.04 Å². The van der Waals surface area contributed by atoms with Crippen LogP contribution in [-0.4, -0.2) is 81.3 Å². The van der Waals surface area contributed by atoms with Crippen LogP contribution in [0.4, 0.5) is 5.69 Å². The van der Waals surface area contributed by atoms with Gasteiger partial charge in [0, 0.05) is 70.2 Å². The Labute approximate surface area is 164 Å². The molecule has 150 valence electrons. The lowest BCUT2D eigenvalue weighted by Gasteiger charge is -2.38. The van der Waals surface area contributed by atoms with Gasteiger partial charge in [-0.3, -0.25) is 9.89 Å². The van der Waals surface area contributed by atoms with Crippen molar-refractivity contribution in [2.45, 2.75) is 38.8 Å². The molecule has 6 nitrogen and oxygen atoms in total. The number of ether oxygens (including phenoxy) is 1. The zero-order chi connectivity index (χ0) is 19.2. The molecule has 6 heteroatoms. The highest BCUT2D eigenvalue weighted by atomic mass is 16.5. The molecule has 3 rings (SSSR count). The minimum Gasteiger partial charge on any atom is -0.497 e. The van der Waals surface area contributed by atoms with E-state index in [-0.39, 0.29) is 0 Å². The minimum atomic E-state index is 0.618. The Morgan fingerprint density at radius 2 is 2.00 bits per heavy atom. The first kappa shape index (κ1) is 19.8. The Morgan fingerprint density at radius 1 is 1.26 bits per heavy atom. The van der Waals surface area contributed by atoms with Crippen molar-refractivity contribution in [2.75, 3.05) is 58.3 Å². The van der Waals surface area contributed by atoms with Crippen LogP contribution in [0.1, 0.15) is 26.7 Å². The molecule has 27 heavy (non-hydrogen) atoms. The van der Waals surface area contributed by atoms with Crippen LogP contribution in [0.5, 0.6) is 5.75 Å². The summed E-state index contributed by atoms with van der Waals surface area (Å²) in [6, 6.07) is 9.74. The predicted octanol–water partition coefficient (Wildman–Crippen LogP) is 2.27. The first-order valence-electron chi connectivity index (χ1n) is 10.2. The van der Waals surface area contributed by atoms with E-state index >= 15 is 0 Å². The lowest BCUT2D eigenvalue weighted by atomic mass is 10.2. The predicted molar refractivity (Wildman–Crippen MR) is 113 cm³/mol. The largest absolute Gasteiger partial charge is 0.497 e. The maximum atomic E-state index is 5.35. The van der Waals surface area contributed by atoms with Gasteiger partial charge in [-0.2, -0.15) is 0 Å². The SMILES string of the molecule is CN=C(NCCN(C(C)C)C1CC1)N1CCN(c2cccc(OC)c2)CC1. The van der Waals surface area contributed by atoms with Crippen molar-refractivity contribution in [3.05, 3.63) is 24.3 Å². The standard InChI is InChI=1S/C21H35N5O/c1-17(2)26(18-8-9-18)11-10-23-21(22-3)25-14-12-24(13-15-25)19-6-5-7-20(16-19)27-4/h5-7,16-18H,8-15H2,1-4H3,(H,22,23). The van der Waals surface area contributed by atoms with Gasteiger partial charge in [0.15, 0.2) is 5.96 Å². The van der Waals surface area contributed by atoms with Gasteiger partial charge in [0.2, 0.25) is 0 Å². The summed E-state index contributed by atoms with van der Waals surface area (Å²) in [4.78, 5) is 11.9. The zero-order valence-corrected chi connectivity index (χ0v) is 17.3. The molecule has 0 radical (unpaired) electrons. The van der Waals surface area contributed by atoms with E-state index in [1.165, 1.54) is 18.5 Å². The van der Waals surface area contributed by atoms with Gasteiger partial charge in [-0.25, -0.2) is 0 Å². The lowest BCUT2D eigenvalue weighted by Crippen LogP contribution is -2.53. The molecule has 0 spiro atoms. The minimum absolute atomic E-state index is 0.618. The second-order valence-electron chi connectivity index (χ2n) is 7.71. The third-order valence-electron chi connectivity index (χ3n) is 5.54. The highest BCUT2D eigenvalue weighted by Crippen LogP contribution is 2.28. The van der Waals surface area contributed by atoms with Crippen LogP contribution < -0.4 is 15.0 Å². The summed E-state index contributed by atoms with van der Waals surface area (Å²) in [5.41, 5.74) is 1.23. The Hall–Kier alpha value is -1.95. The summed E-state index contributed by atoms with van der Waals surface area (Å²) in [6.45, 7) is 10.6. The van der Waals surface area contributed by atoms with Crippen LogP contribution in [-0.2, 0) is 0 Å². The maximum Gasteiger partial charge on any atom is 0.193 e. The smallest absolute Gasteiger partial charge is 0.193 e. The van der Waals surface area contributed by atoms with Gasteiger partial charge >= 0.3 is 0 Å². The topological polar surface area (TPSA) is 43.3 Å². The van der Waals surface area contributed by atoms with Crippen LogP contribution in [0.15, 0.2) is 29.3 Å². The second kappa shape index (κ2) is 9.31. The van der Waals surface area contributed by atoms with Crippen molar-refractivity contribution in [1.82, 2.24) is 15.1 Å². The number of rotatable bonds is 7. The van der Waals surface area contributed by atoms with Crippen LogP contribution in [0, 0.1) is 0 Å². The monoisotopic (exact) mass is 373 g/mol. The Morgan fingerprint density at radius 3 is 2.59 bits per heavy atom. The van der Waals surface area contributed by atoms with Crippen LogP contribution in [0.2, 0.25) is 0 Å². The highest BCUT2D eigenvalue weighted by Gasteiger charge is 2.30. The Balaban J connectivity index is 1.47. The summed E-state index contributed by atoms with van der Waals surface area (Å²) in [5.74, 6) is 1.94. The molecule has 1 aliphatic carbocycles. The van der Waals surface area contributed by atoms with Crippen LogP contribution in [0.25, 0.3) is 0 Å². The van der Waals surface area contributed by atoms with Crippen molar-refractivity contribution < 1.29 is 4.74 Å². The fraction of sp³-hybridized carbons (Fsp3) is 0.667. The molecule has 0 amide bonds. The number of hydrogen-bond acceptors (Lipinski definition) is 4. The summed E-state index contributed by atoms with van der Waals surface area (Å²) >= 11 is 0. The highest BCUT2D eigenvalue weighted by molar-refractivity contribution is 5.80. The molecule has 1 saturated heterocycles. The molecule has 1 heterocycles. The Kier molecular flexibility index (Phi) is 6.83. The van der Waals surface area contributed by atoms with Crippen LogP contribution >= 0.6 is 0 Å². The van der Waals surface area contributed by atoms with Gasteiger partial charge in [-0.15, -0.1) is 0 Å².